The Morgan fingerprint density at radius 1 is 1.45 bits per heavy atom. The molecule has 2 fully saturated rings. The van der Waals surface area contributed by atoms with Crippen molar-refractivity contribution in [2.45, 2.75) is 31.3 Å². The Labute approximate surface area is 133 Å². The summed E-state index contributed by atoms with van der Waals surface area (Å²) < 4.78 is 18.4. The van der Waals surface area contributed by atoms with Gasteiger partial charge in [0, 0.05) is 24.7 Å². The molecule has 0 aromatic heterocycles. The minimum atomic E-state index is -0.506. The van der Waals surface area contributed by atoms with Crippen molar-refractivity contribution in [3.8, 4) is 5.75 Å². The largest absolute Gasteiger partial charge is 0.484 e. The fourth-order valence-corrected chi connectivity index (χ4v) is 3.29. The van der Waals surface area contributed by atoms with Crippen LogP contribution < -0.4 is 20.9 Å². The zero-order valence-electron chi connectivity index (χ0n) is 12.1. The molecule has 22 heavy (non-hydrogen) atoms. The molecule has 0 spiro atoms. The van der Waals surface area contributed by atoms with Gasteiger partial charge in [-0.05, 0) is 37.3 Å². The van der Waals surface area contributed by atoms with Crippen LogP contribution in [-0.4, -0.2) is 31.1 Å². The molecule has 5 nitrogen and oxygen atoms in total. The van der Waals surface area contributed by atoms with E-state index < -0.39 is 5.82 Å². The van der Waals surface area contributed by atoms with Crippen LogP contribution in [0.4, 0.5) is 4.39 Å². The maximum atomic E-state index is 13.0. The van der Waals surface area contributed by atoms with E-state index in [0.717, 1.165) is 25.8 Å². The van der Waals surface area contributed by atoms with Gasteiger partial charge in [-0.25, -0.2) is 4.39 Å². The summed E-state index contributed by atoms with van der Waals surface area (Å²) in [6, 6.07) is 4.75. The molecule has 1 aromatic rings. The maximum absolute atomic E-state index is 13.0. The van der Waals surface area contributed by atoms with Gasteiger partial charge in [-0.1, -0.05) is 11.6 Å². The minimum absolute atomic E-state index is 0.0162. The van der Waals surface area contributed by atoms with Crippen LogP contribution in [0.3, 0.4) is 0 Å². The van der Waals surface area contributed by atoms with Crippen molar-refractivity contribution < 1.29 is 13.9 Å². The van der Waals surface area contributed by atoms with E-state index in [1.54, 1.807) is 0 Å². The lowest BCUT2D eigenvalue weighted by atomic mass is 9.83. The zero-order chi connectivity index (χ0) is 15.5. The summed E-state index contributed by atoms with van der Waals surface area (Å²) in [5.74, 6) is 0.280. The molecule has 1 saturated heterocycles. The first-order chi connectivity index (χ1) is 10.6. The van der Waals surface area contributed by atoms with E-state index in [9.17, 15) is 9.18 Å². The summed E-state index contributed by atoms with van der Waals surface area (Å²) in [5.41, 5.74) is 6.42. The van der Waals surface area contributed by atoms with Gasteiger partial charge in [-0.2, -0.15) is 0 Å². The van der Waals surface area contributed by atoms with E-state index in [0.29, 0.717) is 17.7 Å². The van der Waals surface area contributed by atoms with Gasteiger partial charge in [0.05, 0.1) is 5.02 Å². The second-order valence-corrected chi connectivity index (χ2v) is 6.24. The van der Waals surface area contributed by atoms with Crippen LogP contribution in [0.2, 0.25) is 5.02 Å². The highest BCUT2D eigenvalue weighted by Crippen LogP contribution is 2.26. The second kappa shape index (κ2) is 6.81. The topological polar surface area (TPSA) is 62.4 Å². The Balaban J connectivity index is 1.45. The smallest absolute Gasteiger partial charge is 0.258 e. The van der Waals surface area contributed by atoms with E-state index in [1.165, 1.54) is 18.2 Å². The van der Waals surface area contributed by atoms with Crippen LogP contribution in [0.15, 0.2) is 18.2 Å². The molecule has 3 N–H and O–H groups in total. The Hall–Kier alpha value is -1.37. The summed E-state index contributed by atoms with van der Waals surface area (Å²) in [7, 11) is 0. The summed E-state index contributed by atoms with van der Waals surface area (Å²) in [6.07, 6.45) is 2.99. The van der Waals surface area contributed by atoms with Crippen LogP contribution in [-0.2, 0) is 4.79 Å². The van der Waals surface area contributed by atoms with Crippen molar-refractivity contribution in [1.29, 1.82) is 0 Å². The lowest BCUT2D eigenvalue weighted by Gasteiger charge is -2.31. The third kappa shape index (κ3) is 3.69. The van der Waals surface area contributed by atoms with E-state index in [1.807, 2.05) is 0 Å². The summed E-state index contributed by atoms with van der Waals surface area (Å²) >= 11 is 5.67. The molecule has 3 atom stereocenters. The van der Waals surface area contributed by atoms with Crippen molar-refractivity contribution in [3.63, 3.8) is 0 Å². The molecule has 2 aliphatic rings. The Morgan fingerprint density at radius 2 is 2.32 bits per heavy atom. The number of ether oxygens (including phenoxy) is 1. The quantitative estimate of drug-likeness (QED) is 0.786. The van der Waals surface area contributed by atoms with Crippen LogP contribution in [0, 0.1) is 11.7 Å². The number of hydrogen-bond acceptors (Lipinski definition) is 4. The molecule has 0 radical (unpaired) electrons. The van der Waals surface area contributed by atoms with E-state index in [-0.39, 0.29) is 23.6 Å². The van der Waals surface area contributed by atoms with E-state index >= 15 is 0 Å². The predicted molar refractivity (Wildman–Crippen MR) is 81.1 cm³/mol. The molecule has 120 valence electrons. The van der Waals surface area contributed by atoms with Gasteiger partial charge < -0.3 is 10.1 Å². The third-order valence-corrected chi connectivity index (χ3v) is 4.55. The molecular formula is C15H19ClFN3O2. The molecule has 1 heterocycles. The molecular weight excluding hydrogens is 309 g/mol. The van der Waals surface area contributed by atoms with Crippen molar-refractivity contribution in [2.24, 2.45) is 5.92 Å². The summed E-state index contributed by atoms with van der Waals surface area (Å²) in [5, 5.41) is 2.98. The van der Waals surface area contributed by atoms with Crippen LogP contribution in [0.5, 0.6) is 5.75 Å². The lowest BCUT2D eigenvalue weighted by molar-refractivity contribution is -0.124. The highest BCUT2D eigenvalue weighted by atomic mass is 35.5. The Kier molecular flexibility index (Phi) is 4.81. The highest BCUT2D eigenvalue weighted by Gasteiger charge is 2.34. The van der Waals surface area contributed by atoms with Crippen molar-refractivity contribution >= 4 is 17.5 Å². The average Bonchev–Trinajstić information content (AvgIpc) is 2.96. The van der Waals surface area contributed by atoms with E-state index in [2.05, 4.69) is 16.2 Å². The van der Waals surface area contributed by atoms with Gasteiger partial charge in [0.25, 0.3) is 5.91 Å². The fraction of sp³-hybridized carbons (Fsp3) is 0.533. The first-order valence-corrected chi connectivity index (χ1v) is 7.85. The second-order valence-electron chi connectivity index (χ2n) is 5.83. The number of hydrogen-bond donors (Lipinski definition) is 3. The van der Waals surface area contributed by atoms with Gasteiger partial charge in [0.1, 0.15) is 11.6 Å². The number of fused-ring (bicyclic) bond motifs is 1. The van der Waals surface area contributed by atoms with Crippen LogP contribution >= 0.6 is 11.6 Å². The van der Waals surface area contributed by atoms with Gasteiger partial charge in [-0.15, -0.1) is 0 Å². The molecule has 3 rings (SSSR count). The summed E-state index contributed by atoms with van der Waals surface area (Å²) in [4.78, 5) is 12.0. The normalized spacial score (nSPS) is 27.3. The maximum Gasteiger partial charge on any atom is 0.258 e. The number of carbonyl (C=O) groups is 1. The molecule has 1 saturated carbocycles. The molecule has 1 amide bonds. The molecule has 7 heteroatoms. The molecule has 3 unspecified atom stereocenters. The van der Waals surface area contributed by atoms with Crippen molar-refractivity contribution in [2.75, 3.05) is 13.2 Å². The van der Waals surface area contributed by atoms with Gasteiger partial charge >= 0.3 is 0 Å². The number of nitrogens with one attached hydrogen (secondary N) is 3. The number of halogens is 2. The Bertz CT molecular complexity index is 558. The van der Waals surface area contributed by atoms with E-state index in [4.69, 9.17) is 16.3 Å². The number of hydrazine groups is 1. The number of rotatable bonds is 4. The highest BCUT2D eigenvalue weighted by molar-refractivity contribution is 6.30. The lowest BCUT2D eigenvalue weighted by Crippen LogP contribution is -2.45. The molecule has 0 bridgehead atoms. The van der Waals surface area contributed by atoms with Gasteiger partial charge in [0.15, 0.2) is 6.61 Å². The van der Waals surface area contributed by atoms with Gasteiger partial charge in [0.2, 0.25) is 0 Å². The number of benzene rings is 1. The van der Waals surface area contributed by atoms with Gasteiger partial charge in [-0.3, -0.25) is 15.6 Å². The van der Waals surface area contributed by atoms with Crippen LogP contribution in [0.25, 0.3) is 0 Å². The summed E-state index contributed by atoms with van der Waals surface area (Å²) in [6.45, 7) is 0.852. The predicted octanol–water partition coefficient (Wildman–Crippen LogP) is 1.62. The van der Waals surface area contributed by atoms with Crippen molar-refractivity contribution in [1.82, 2.24) is 16.2 Å². The number of amides is 1. The van der Waals surface area contributed by atoms with Crippen molar-refractivity contribution in [3.05, 3.63) is 29.0 Å². The Morgan fingerprint density at radius 3 is 3.14 bits per heavy atom. The molecule has 1 aromatic carbocycles. The first kappa shape index (κ1) is 15.5. The zero-order valence-corrected chi connectivity index (χ0v) is 12.8. The minimum Gasteiger partial charge on any atom is -0.484 e. The molecule has 1 aliphatic carbocycles. The third-order valence-electron chi connectivity index (χ3n) is 4.26. The SMILES string of the molecule is O=C(COc1ccc(F)c(Cl)c1)NC1CCC2NNCC2C1. The standard InChI is InChI=1S/C15H19ClFN3O2/c16-12-6-11(2-3-13(12)17)22-8-15(21)19-10-1-4-14-9(5-10)7-18-20-14/h2-3,6,9-10,14,18,20H,1,4-5,7-8H2,(H,19,21). The monoisotopic (exact) mass is 327 g/mol. The molecule has 1 aliphatic heterocycles. The first-order valence-electron chi connectivity index (χ1n) is 7.47. The fourth-order valence-electron chi connectivity index (χ4n) is 3.12. The number of carbonyl (C=O) groups excluding carboxylic acids is 1. The van der Waals surface area contributed by atoms with Crippen LogP contribution in [0.1, 0.15) is 19.3 Å². The average molecular weight is 328 g/mol.